The zero-order chi connectivity index (χ0) is 18.2. The normalized spacial score (nSPS) is 11.2. The van der Waals surface area contributed by atoms with Gasteiger partial charge in [0.1, 0.15) is 0 Å². The molecule has 2 aromatic carbocycles. The molecule has 0 aliphatic rings. The van der Waals surface area contributed by atoms with E-state index >= 15 is 0 Å². The van der Waals surface area contributed by atoms with Gasteiger partial charge in [0, 0.05) is 22.3 Å². The van der Waals surface area contributed by atoms with Crippen LogP contribution in [0, 0.1) is 0 Å². The van der Waals surface area contributed by atoms with E-state index in [1.807, 2.05) is 24.3 Å². The Morgan fingerprint density at radius 1 is 0.731 bits per heavy atom. The summed E-state index contributed by atoms with van der Waals surface area (Å²) in [5.74, 6) is 0.885. The fourth-order valence-electron chi connectivity index (χ4n) is 1.91. The van der Waals surface area contributed by atoms with E-state index in [0.717, 1.165) is 11.1 Å². The van der Waals surface area contributed by atoms with E-state index in [4.69, 9.17) is 23.2 Å². The molecule has 0 atom stereocenters. The molecule has 0 aliphatic heterocycles. The standard InChI is InChI=1S/C18H14Cl2N6/c19-15-5-1-13(2-6-15)11-22-25-17-9-10-21-18(24-17)26-23-12-14-3-7-16(20)8-4-14/h1-12H,(H2,21,24,25,26)/b22-11+,23-12+. The van der Waals surface area contributed by atoms with Crippen LogP contribution in [0.2, 0.25) is 10.0 Å². The van der Waals surface area contributed by atoms with Gasteiger partial charge in [-0.3, -0.25) is 5.43 Å². The van der Waals surface area contributed by atoms with Crippen molar-refractivity contribution in [3.8, 4) is 0 Å². The van der Waals surface area contributed by atoms with E-state index in [0.29, 0.717) is 21.8 Å². The minimum Gasteiger partial charge on any atom is -0.261 e. The van der Waals surface area contributed by atoms with Gasteiger partial charge in [-0.1, -0.05) is 47.5 Å². The molecule has 26 heavy (non-hydrogen) atoms. The maximum Gasteiger partial charge on any atom is 0.245 e. The largest absolute Gasteiger partial charge is 0.261 e. The molecule has 0 aliphatic carbocycles. The summed E-state index contributed by atoms with van der Waals surface area (Å²) in [4.78, 5) is 8.36. The molecule has 0 saturated heterocycles. The Kier molecular flexibility index (Phi) is 6.14. The van der Waals surface area contributed by atoms with Gasteiger partial charge in [0.15, 0.2) is 5.82 Å². The summed E-state index contributed by atoms with van der Waals surface area (Å²) in [7, 11) is 0. The average Bonchev–Trinajstić information content (AvgIpc) is 2.65. The Hall–Kier alpha value is -2.96. The van der Waals surface area contributed by atoms with Crippen molar-refractivity contribution in [3.05, 3.63) is 82.0 Å². The number of halogens is 2. The molecule has 3 rings (SSSR count). The van der Waals surface area contributed by atoms with Gasteiger partial charge >= 0.3 is 0 Å². The van der Waals surface area contributed by atoms with Crippen LogP contribution in [-0.4, -0.2) is 22.4 Å². The van der Waals surface area contributed by atoms with E-state index < -0.39 is 0 Å². The molecule has 0 bridgehead atoms. The van der Waals surface area contributed by atoms with Crippen molar-refractivity contribution in [3.63, 3.8) is 0 Å². The van der Waals surface area contributed by atoms with Gasteiger partial charge in [-0.2, -0.15) is 15.2 Å². The monoisotopic (exact) mass is 384 g/mol. The third-order valence-electron chi connectivity index (χ3n) is 3.17. The van der Waals surface area contributed by atoms with Gasteiger partial charge in [0.25, 0.3) is 0 Å². The zero-order valence-corrected chi connectivity index (χ0v) is 15.0. The van der Waals surface area contributed by atoms with Crippen LogP contribution in [0.15, 0.2) is 71.0 Å². The van der Waals surface area contributed by atoms with E-state index in [-0.39, 0.29) is 0 Å². The minimum atomic E-state index is 0.349. The van der Waals surface area contributed by atoms with Crippen molar-refractivity contribution in [1.82, 2.24) is 9.97 Å². The van der Waals surface area contributed by atoms with E-state index in [1.165, 1.54) is 0 Å². The molecule has 1 aromatic heterocycles. The molecular weight excluding hydrogens is 371 g/mol. The minimum absolute atomic E-state index is 0.349. The van der Waals surface area contributed by atoms with Gasteiger partial charge < -0.3 is 0 Å². The van der Waals surface area contributed by atoms with Crippen molar-refractivity contribution in [2.24, 2.45) is 10.2 Å². The van der Waals surface area contributed by atoms with Gasteiger partial charge in [0.05, 0.1) is 12.4 Å². The maximum atomic E-state index is 5.85. The fourth-order valence-corrected chi connectivity index (χ4v) is 2.16. The lowest BCUT2D eigenvalue weighted by Crippen LogP contribution is -2.00. The highest BCUT2D eigenvalue weighted by Crippen LogP contribution is 2.10. The predicted molar refractivity (Wildman–Crippen MR) is 107 cm³/mol. The van der Waals surface area contributed by atoms with Gasteiger partial charge in [-0.05, 0) is 35.4 Å². The van der Waals surface area contributed by atoms with E-state index in [2.05, 4.69) is 31.0 Å². The Morgan fingerprint density at radius 3 is 1.85 bits per heavy atom. The number of aromatic nitrogens is 2. The Morgan fingerprint density at radius 2 is 1.27 bits per heavy atom. The predicted octanol–water partition coefficient (Wildman–Crippen LogP) is 4.68. The third kappa shape index (κ3) is 5.54. The highest BCUT2D eigenvalue weighted by atomic mass is 35.5. The molecule has 0 unspecified atom stereocenters. The second-order valence-corrected chi connectivity index (χ2v) is 5.98. The first-order valence-corrected chi connectivity index (χ1v) is 8.37. The molecule has 8 heteroatoms. The van der Waals surface area contributed by atoms with Crippen LogP contribution in [-0.2, 0) is 0 Å². The van der Waals surface area contributed by atoms with Crippen molar-refractivity contribution >= 4 is 47.4 Å². The van der Waals surface area contributed by atoms with Crippen molar-refractivity contribution in [1.29, 1.82) is 0 Å². The number of hydrogen-bond donors (Lipinski definition) is 2. The molecule has 0 fully saturated rings. The van der Waals surface area contributed by atoms with Crippen LogP contribution in [0.1, 0.15) is 11.1 Å². The second-order valence-electron chi connectivity index (χ2n) is 5.11. The van der Waals surface area contributed by atoms with Crippen LogP contribution in [0.5, 0.6) is 0 Å². The molecule has 0 amide bonds. The zero-order valence-electron chi connectivity index (χ0n) is 13.5. The lowest BCUT2D eigenvalue weighted by atomic mass is 10.2. The number of rotatable bonds is 6. The Bertz CT molecular complexity index is 835. The summed E-state index contributed by atoms with van der Waals surface area (Å²) in [5, 5.41) is 9.59. The Labute approximate surface area is 160 Å². The fraction of sp³-hybridized carbons (Fsp3) is 0. The molecule has 2 N–H and O–H groups in total. The maximum absolute atomic E-state index is 5.85. The van der Waals surface area contributed by atoms with Gasteiger partial charge in [-0.25, -0.2) is 10.4 Å². The molecule has 0 saturated carbocycles. The lowest BCUT2D eigenvalue weighted by Gasteiger charge is -2.02. The molecule has 0 radical (unpaired) electrons. The number of benzene rings is 2. The van der Waals surface area contributed by atoms with Crippen LogP contribution in [0.3, 0.4) is 0 Å². The third-order valence-corrected chi connectivity index (χ3v) is 3.67. The summed E-state index contributed by atoms with van der Waals surface area (Å²) >= 11 is 11.7. The highest BCUT2D eigenvalue weighted by Gasteiger charge is 1.97. The van der Waals surface area contributed by atoms with E-state index in [1.54, 1.807) is 49.0 Å². The number of hydrogen-bond acceptors (Lipinski definition) is 6. The van der Waals surface area contributed by atoms with Crippen molar-refractivity contribution < 1.29 is 0 Å². The number of hydrazone groups is 2. The first-order valence-electron chi connectivity index (χ1n) is 7.61. The summed E-state index contributed by atoms with van der Waals surface area (Å²) in [6.07, 6.45) is 4.93. The molecule has 6 nitrogen and oxygen atoms in total. The number of nitrogens with zero attached hydrogens (tertiary/aromatic N) is 4. The highest BCUT2D eigenvalue weighted by molar-refractivity contribution is 6.30. The molecular formula is C18H14Cl2N6. The Balaban J connectivity index is 1.57. The summed E-state index contributed by atoms with van der Waals surface area (Å²) in [6.45, 7) is 0. The molecule has 1 heterocycles. The average molecular weight is 385 g/mol. The molecule has 0 spiro atoms. The van der Waals surface area contributed by atoms with Gasteiger partial charge in [0.2, 0.25) is 5.95 Å². The first-order chi connectivity index (χ1) is 12.7. The quantitative estimate of drug-likeness (QED) is 0.478. The van der Waals surface area contributed by atoms with Crippen LogP contribution in [0.4, 0.5) is 11.8 Å². The van der Waals surface area contributed by atoms with Crippen LogP contribution < -0.4 is 10.9 Å². The van der Waals surface area contributed by atoms with Crippen LogP contribution in [0.25, 0.3) is 0 Å². The number of anilines is 2. The molecule has 3 aromatic rings. The smallest absolute Gasteiger partial charge is 0.245 e. The SMILES string of the molecule is Clc1ccc(/C=N/Nc2ccnc(N/N=C/c3ccc(Cl)cc3)n2)cc1. The summed E-state index contributed by atoms with van der Waals surface area (Å²) in [6, 6.07) is 16.3. The van der Waals surface area contributed by atoms with E-state index in [9.17, 15) is 0 Å². The summed E-state index contributed by atoms with van der Waals surface area (Å²) in [5.41, 5.74) is 7.44. The topological polar surface area (TPSA) is 74.6 Å². The van der Waals surface area contributed by atoms with Gasteiger partial charge in [-0.15, -0.1) is 0 Å². The van der Waals surface area contributed by atoms with Crippen molar-refractivity contribution in [2.75, 3.05) is 10.9 Å². The first kappa shape index (κ1) is 17.8. The molecule has 130 valence electrons. The van der Waals surface area contributed by atoms with Crippen molar-refractivity contribution in [2.45, 2.75) is 0 Å². The van der Waals surface area contributed by atoms with Crippen LogP contribution >= 0.6 is 23.2 Å². The summed E-state index contributed by atoms with van der Waals surface area (Å²) < 4.78 is 0. The second kappa shape index (κ2) is 8.94. The lowest BCUT2D eigenvalue weighted by molar-refractivity contribution is 1.10. The number of nitrogens with one attached hydrogen (secondary N) is 2.